The van der Waals surface area contributed by atoms with Gasteiger partial charge in [-0.15, -0.1) is 0 Å². The molecule has 0 aromatic heterocycles. The summed E-state index contributed by atoms with van der Waals surface area (Å²) in [4.78, 5) is 25.5. The van der Waals surface area contributed by atoms with Gasteiger partial charge in [0, 0.05) is 12.6 Å². The summed E-state index contributed by atoms with van der Waals surface area (Å²) in [5.41, 5.74) is 2.11. The largest absolute Gasteiger partial charge is 0.275 e. The Kier molecular flexibility index (Phi) is 3.95. The number of benzene rings is 1. The summed E-state index contributed by atoms with van der Waals surface area (Å²) < 4.78 is 0. The first kappa shape index (κ1) is 13.3. The third-order valence-electron chi connectivity index (χ3n) is 3.22. The van der Waals surface area contributed by atoms with E-state index in [0.29, 0.717) is 12.1 Å². The second-order valence-electron chi connectivity index (χ2n) is 4.50. The summed E-state index contributed by atoms with van der Waals surface area (Å²) in [5, 5.41) is 0. The van der Waals surface area contributed by atoms with Gasteiger partial charge in [0.15, 0.2) is 0 Å². The normalized spacial score (nSPS) is 14.8. The molecular weight excluding hydrogens is 238 g/mol. The molecule has 0 bridgehead atoms. The van der Waals surface area contributed by atoms with Crippen molar-refractivity contribution in [3.8, 4) is 0 Å². The predicted octanol–water partition coefficient (Wildman–Crippen LogP) is 2.88. The lowest BCUT2D eigenvalue weighted by molar-refractivity contribution is -0.136. The van der Waals surface area contributed by atoms with Gasteiger partial charge in [-0.3, -0.25) is 14.5 Å². The number of rotatable bonds is 5. The minimum Gasteiger partial charge on any atom is -0.275 e. The highest BCUT2D eigenvalue weighted by Crippen LogP contribution is 2.27. The maximum atomic E-state index is 12.3. The first-order valence-electron chi connectivity index (χ1n) is 6.48. The second kappa shape index (κ2) is 5.65. The molecule has 0 radical (unpaired) electrons. The zero-order valence-corrected chi connectivity index (χ0v) is 11.1. The lowest BCUT2D eigenvalue weighted by Gasteiger charge is -2.14. The summed E-state index contributed by atoms with van der Waals surface area (Å²) in [7, 11) is 0. The number of carbonyl (C=O) groups excluding carboxylic acids is 2. The van der Waals surface area contributed by atoms with Crippen LogP contribution in [0.1, 0.15) is 30.9 Å². The summed E-state index contributed by atoms with van der Waals surface area (Å²) in [6.07, 6.45) is 4.92. The van der Waals surface area contributed by atoms with Crippen LogP contribution in [-0.4, -0.2) is 23.3 Å². The Labute approximate surface area is 113 Å². The van der Waals surface area contributed by atoms with Crippen LogP contribution in [0.15, 0.2) is 36.9 Å². The fourth-order valence-corrected chi connectivity index (χ4v) is 2.15. The molecule has 1 aromatic carbocycles. The average Bonchev–Trinajstić information content (AvgIpc) is 2.71. The monoisotopic (exact) mass is 255 g/mol. The first-order chi connectivity index (χ1) is 9.19. The van der Waals surface area contributed by atoms with Crippen molar-refractivity contribution in [2.45, 2.75) is 19.8 Å². The molecule has 2 rings (SSSR count). The third kappa shape index (κ3) is 2.50. The minimum atomic E-state index is -0.215. The van der Waals surface area contributed by atoms with Crippen LogP contribution in [0, 0.1) is 0 Å². The fraction of sp³-hybridized carbons (Fsp3) is 0.250. The Balaban J connectivity index is 2.32. The van der Waals surface area contributed by atoms with E-state index in [9.17, 15) is 9.59 Å². The van der Waals surface area contributed by atoms with E-state index >= 15 is 0 Å². The zero-order valence-electron chi connectivity index (χ0n) is 11.1. The van der Waals surface area contributed by atoms with Crippen LogP contribution in [-0.2, 0) is 9.59 Å². The Morgan fingerprint density at radius 1 is 1.26 bits per heavy atom. The molecule has 0 spiro atoms. The van der Waals surface area contributed by atoms with E-state index in [1.165, 1.54) is 11.0 Å². The molecule has 1 aromatic rings. The number of unbranched alkanes of at least 4 members (excludes halogenated alkanes) is 1. The van der Waals surface area contributed by atoms with Gasteiger partial charge in [-0.2, -0.15) is 0 Å². The maximum absolute atomic E-state index is 12.3. The van der Waals surface area contributed by atoms with Gasteiger partial charge in [-0.05, 0) is 17.5 Å². The Hall–Kier alpha value is -2.16. The van der Waals surface area contributed by atoms with Gasteiger partial charge in [-0.25, -0.2) is 0 Å². The van der Waals surface area contributed by atoms with E-state index in [1.807, 2.05) is 31.2 Å². The summed E-state index contributed by atoms with van der Waals surface area (Å²) >= 11 is 0. The molecule has 1 heterocycles. The highest BCUT2D eigenvalue weighted by Gasteiger charge is 2.31. The number of hydrogen-bond donors (Lipinski definition) is 0. The summed E-state index contributed by atoms with van der Waals surface area (Å²) in [5.74, 6) is -0.417. The van der Waals surface area contributed by atoms with E-state index in [1.54, 1.807) is 6.08 Å². The van der Waals surface area contributed by atoms with Crippen molar-refractivity contribution < 1.29 is 9.59 Å². The molecule has 0 unspecified atom stereocenters. The van der Waals surface area contributed by atoms with Gasteiger partial charge < -0.3 is 0 Å². The molecule has 0 atom stereocenters. The van der Waals surface area contributed by atoms with Crippen LogP contribution < -0.4 is 0 Å². The van der Waals surface area contributed by atoms with Gasteiger partial charge in [0.05, 0.1) is 5.57 Å². The van der Waals surface area contributed by atoms with Crippen LogP contribution in [0.25, 0.3) is 11.6 Å². The molecule has 3 heteroatoms. The van der Waals surface area contributed by atoms with E-state index in [-0.39, 0.29) is 11.8 Å². The van der Waals surface area contributed by atoms with Crippen molar-refractivity contribution >= 4 is 23.5 Å². The number of nitrogens with zero attached hydrogens (tertiary/aromatic N) is 1. The third-order valence-corrected chi connectivity index (χ3v) is 3.22. The van der Waals surface area contributed by atoms with Gasteiger partial charge >= 0.3 is 0 Å². The highest BCUT2D eigenvalue weighted by molar-refractivity contribution is 6.33. The van der Waals surface area contributed by atoms with Crippen molar-refractivity contribution in [2.75, 3.05) is 6.54 Å². The van der Waals surface area contributed by atoms with Gasteiger partial charge in [0.25, 0.3) is 11.8 Å². The van der Waals surface area contributed by atoms with Crippen molar-refractivity contribution in [1.82, 2.24) is 4.90 Å². The minimum absolute atomic E-state index is 0.201. The predicted molar refractivity (Wildman–Crippen MR) is 76.1 cm³/mol. The number of imide groups is 1. The van der Waals surface area contributed by atoms with Crippen molar-refractivity contribution in [3.63, 3.8) is 0 Å². The molecule has 3 nitrogen and oxygen atoms in total. The van der Waals surface area contributed by atoms with E-state index in [2.05, 4.69) is 6.58 Å². The molecule has 0 fully saturated rings. The van der Waals surface area contributed by atoms with Crippen molar-refractivity contribution in [2.24, 2.45) is 0 Å². The average molecular weight is 255 g/mol. The molecular formula is C16H17NO2. The Morgan fingerprint density at radius 2 is 2.00 bits per heavy atom. The SMILES string of the molecule is C=Cc1ccccc1C1=CC(=O)N(CCCC)C1=O. The van der Waals surface area contributed by atoms with Crippen LogP contribution in [0.4, 0.5) is 0 Å². The quantitative estimate of drug-likeness (QED) is 0.759. The Morgan fingerprint density at radius 3 is 2.68 bits per heavy atom. The smallest absolute Gasteiger partial charge is 0.261 e. The molecule has 0 N–H and O–H groups in total. The molecule has 19 heavy (non-hydrogen) atoms. The zero-order chi connectivity index (χ0) is 13.8. The summed E-state index contributed by atoms with van der Waals surface area (Å²) in [6.45, 7) is 6.26. The molecule has 2 amide bonds. The Bertz CT molecular complexity index is 558. The first-order valence-corrected chi connectivity index (χ1v) is 6.48. The fourth-order valence-electron chi connectivity index (χ4n) is 2.15. The van der Waals surface area contributed by atoms with Crippen LogP contribution in [0.3, 0.4) is 0 Å². The molecule has 1 aliphatic heterocycles. The van der Waals surface area contributed by atoms with Crippen LogP contribution in [0.5, 0.6) is 0 Å². The molecule has 98 valence electrons. The molecule has 0 saturated carbocycles. The van der Waals surface area contributed by atoms with Gasteiger partial charge in [0.2, 0.25) is 0 Å². The molecule has 1 aliphatic rings. The van der Waals surface area contributed by atoms with Gasteiger partial charge in [-0.1, -0.05) is 50.3 Å². The van der Waals surface area contributed by atoms with Crippen molar-refractivity contribution in [3.05, 3.63) is 48.0 Å². The standard InChI is InChI=1S/C16H17NO2/c1-3-5-10-17-15(18)11-14(16(17)19)13-9-7-6-8-12(13)4-2/h4,6-9,11H,2-3,5,10H2,1H3. The number of carbonyl (C=O) groups is 2. The lowest BCUT2D eigenvalue weighted by Crippen LogP contribution is -2.31. The number of hydrogen-bond acceptors (Lipinski definition) is 2. The van der Waals surface area contributed by atoms with E-state index < -0.39 is 0 Å². The molecule has 0 aliphatic carbocycles. The second-order valence-corrected chi connectivity index (χ2v) is 4.50. The maximum Gasteiger partial charge on any atom is 0.261 e. The van der Waals surface area contributed by atoms with Gasteiger partial charge in [0.1, 0.15) is 0 Å². The summed E-state index contributed by atoms with van der Waals surface area (Å²) in [6, 6.07) is 7.47. The van der Waals surface area contributed by atoms with Crippen LogP contribution >= 0.6 is 0 Å². The lowest BCUT2D eigenvalue weighted by atomic mass is 10.00. The highest BCUT2D eigenvalue weighted by atomic mass is 16.2. The van der Waals surface area contributed by atoms with E-state index in [4.69, 9.17) is 0 Å². The topological polar surface area (TPSA) is 37.4 Å². The molecule has 0 saturated heterocycles. The number of amides is 2. The van der Waals surface area contributed by atoms with E-state index in [0.717, 1.165) is 24.0 Å². The van der Waals surface area contributed by atoms with Crippen LogP contribution in [0.2, 0.25) is 0 Å². The van der Waals surface area contributed by atoms with Crippen molar-refractivity contribution in [1.29, 1.82) is 0 Å².